The van der Waals surface area contributed by atoms with E-state index >= 15 is 0 Å². The third kappa shape index (κ3) is 4.37. The lowest BCUT2D eigenvalue weighted by molar-refractivity contribution is -0.247. The summed E-state index contributed by atoms with van der Waals surface area (Å²) in [5.41, 5.74) is 0.857. The van der Waals surface area contributed by atoms with Gasteiger partial charge in [0.1, 0.15) is 29.7 Å². The highest BCUT2D eigenvalue weighted by molar-refractivity contribution is 6.31. The summed E-state index contributed by atoms with van der Waals surface area (Å²) in [5.74, 6) is 0.419. The lowest BCUT2D eigenvalue weighted by Crippen LogP contribution is -2.56. The zero-order valence-electron chi connectivity index (χ0n) is 18.3. The van der Waals surface area contributed by atoms with Crippen LogP contribution >= 0.6 is 11.6 Å². The molecule has 0 saturated carbocycles. The zero-order chi connectivity index (χ0) is 22.9. The van der Waals surface area contributed by atoms with Crippen LogP contribution in [0.4, 0.5) is 0 Å². The fourth-order valence-electron chi connectivity index (χ4n) is 4.89. The molecule has 0 aliphatic carbocycles. The van der Waals surface area contributed by atoms with Gasteiger partial charge in [-0.05, 0) is 61.1 Å². The normalized spacial score (nSPS) is 29.0. The van der Waals surface area contributed by atoms with Crippen molar-refractivity contribution >= 4 is 17.6 Å². The molecule has 2 aliphatic heterocycles. The number of aliphatic hydroxyl groups is 2. The van der Waals surface area contributed by atoms with Gasteiger partial charge in [0.2, 0.25) is 0 Å². The van der Waals surface area contributed by atoms with Gasteiger partial charge in [-0.1, -0.05) is 35.9 Å². The van der Waals surface area contributed by atoms with E-state index in [-0.39, 0.29) is 13.0 Å². The highest BCUT2D eigenvalue weighted by atomic mass is 35.5. The Morgan fingerprint density at radius 1 is 1.19 bits per heavy atom. The summed E-state index contributed by atoms with van der Waals surface area (Å²) in [7, 11) is 0. The lowest BCUT2D eigenvalue weighted by atomic mass is 9.81. The Balaban J connectivity index is 1.62. The van der Waals surface area contributed by atoms with Gasteiger partial charge in [-0.25, -0.2) is 0 Å². The molecule has 32 heavy (non-hydrogen) atoms. The van der Waals surface area contributed by atoms with E-state index in [1.54, 1.807) is 6.07 Å². The number of ether oxygens (including phenoxy) is 3. The third-order valence-corrected chi connectivity index (χ3v) is 6.84. The molecule has 6 nitrogen and oxygen atoms in total. The summed E-state index contributed by atoms with van der Waals surface area (Å²) >= 11 is 6.51. The first-order valence-electron chi connectivity index (χ1n) is 11.0. The summed E-state index contributed by atoms with van der Waals surface area (Å²) in [5, 5.41) is 22.2. The highest BCUT2D eigenvalue weighted by Gasteiger charge is 2.61. The number of carbonyl (C=O) groups excluding carboxylic acids is 1. The average molecular weight is 461 g/mol. The Morgan fingerprint density at radius 2 is 1.94 bits per heavy atom. The van der Waals surface area contributed by atoms with Crippen molar-refractivity contribution in [3.8, 4) is 5.75 Å². The number of hydrogen-bond acceptors (Lipinski definition) is 6. The highest BCUT2D eigenvalue weighted by Crippen LogP contribution is 2.54. The maximum atomic E-state index is 11.4. The first-order chi connectivity index (χ1) is 15.3. The summed E-state index contributed by atoms with van der Waals surface area (Å²) in [6.45, 7) is 3.96. The maximum absolute atomic E-state index is 11.4. The second-order valence-corrected chi connectivity index (χ2v) is 9.14. The minimum absolute atomic E-state index is 0.0560. The minimum Gasteiger partial charge on any atom is -0.494 e. The number of fused-ring (bicyclic) bond motifs is 2. The van der Waals surface area contributed by atoms with Crippen LogP contribution in [0.1, 0.15) is 49.8 Å². The van der Waals surface area contributed by atoms with Crippen LogP contribution in [0.3, 0.4) is 0 Å². The van der Waals surface area contributed by atoms with Crippen molar-refractivity contribution in [3.63, 3.8) is 0 Å². The predicted octanol–water partition coefficient (Wildman–Crippen LogP) is 3.76. The Morgan fingerprint density at radius 3 is 2.62 bits per heavy atom. The van der Waals surface area contributed by atoms with E-state index in [1.807, 2.05) is 43.3 Å². The third-order valence-electron chi connectivity index (χ3n) is 6.48. The van der Waals surface area contributed by atoms with Gasteiger partial charge in [0, 0.05) is 18.4 Å². The smallest absolute Gasteiger partial charge is 0.302 e. The fraction of sp³-hybridized carbons (Fsp3) is 0.480. The van der Waals surface area contributed by atoms with Crippen LogP contribution in [-0.4, -0.2) is 47.2 Å². The molecule has 2 aliphatic rings. The molecule has 0 spiro atoms. The molecule has 2 fully saturated rings. The molecule has 2 heterocycles. The van der Waals surface area contributed by atoms with Gasteiger partial charge in [-0.15, -0.1) is 0 Å². The van der Waals surface area contributed by atoms with E-state index in [0.717, 1.165) is 22.4 Å². The first kappa shape index (κ1) is 23.1. The van der Waals surface area contributed by atoms with Gasteiger partial charge in [0.05, 0.1) is 12.7 Å². The van der Waals surface area contributed by atoms with Crippen LogP contribution < -0.4 is 4.74 Å². The Labute approximate surface area is 193 Å². The SMILES string of the molecule is CCOc1ccc(Cc2cc([C@@]34CC[C@@](COC(C)=O)(CC(O)[C@H]3O)O4)ccc2Cl)cc1. The number of benzene rings is 2. The molecule has 2 aromatic carbocycles. The fourth-order valence-corrected chi connectivity index (χ4v) is 5.07. The second-order valence-electron chi connectivity index (χ2n) is 8.73. The molecule has 0 amide bonds. The van der Waals surface area contributed by atoms with Crippen molar-refractivity contribution in [1.82, 2.24) is 0 Å². The van der Waals surface area contributed by atoms with Crippen molar-refractivity contribution in [2.45, 2.75) is 62.9 Å². The standard InChI is InChI=1S/C25H29ClO6/c1-3-30-20-7-4-17(5-8-20)12-18-13-19(6-9-21(18)26)25-11-10-24(32-25,15-31-16(2)27)14-22(28)23(25)29/h4-9,13,22-23,28-29H,3,10-12,14-15H2,1-2H3/t22?,23-,24+,25+/m1/s1. The van der Waals surface area contributed by atoms with Crippen LogP contribution in [-0.2, 0) is 26.3 Å². The molecule has 2 bridgehead atoms. The maximum Gasteiger partial charge on any atom is 0.302 e. The van der Waals surface area contributed by atoms with E-state index in [1.165, 1.54) is 6.92 Å². The molecular weight excluding hydrogens is 432 g/mol. The minimum atomic E-state index is -1.09. The van der Waals surface area contributed by atoms with Gasteiger partial charge in [-0.3, -0.25) is 4.79 Å². The number of hydrogen-bond donors (Lipinski definition) is 2. The quantitative estimate of drug-likeness (QED) is 0.612. The summed E-state index contributed by atoms with van der Waals surface area (Å²) in [6, 6.07) is 13.5. The monoisotopic (exact) mass is 460 g/mol. The molecule has 2 N–H and O–H groups in total. The van der Waals surface area contributed by atoms with Crippen molar-refractivity contribution in [3.05, 3.63) is 64.2 Å². The molecule has 4 rings (SSSR count). The number of aliphatic hydroxyl groups excluding tert-OH is 2. The van der Waals surface area contributed by atoms with Crippen molar-refractivity contribution < 1.29 is 29.2 Å². The van der Waals surface area contributed by atoms with Crippen molar-refractivity contribution in [1.29, 1.82) is 0 Å². The van der Waals surface area contributed by atoms with Crippen LogP contribution in [0.15, 0.2) is 42.5 Å². The molecule has 4 atom stereocenters. The van der Waals surface area contributed by atoms with Crippen molar-refractivity contribution in [2.24, 2.45) is 0 Å². The topological polar surface area (TPSA) is 85.2 Å². The van der Waals surface area contributed by atoms with E-state index in [4.69, 9.17) is 25.8 Å². The summed E-state index contributed by atoms with van der Waals surface area (Å²) < 4.78 is 17.2. The number of rotatable bonds is 7. The van der Waals surface area contributed by atoms with E-state index in [9.17, 15) is 15.0 Å². The number of esters is 1. The average Bonchev–Trinajstić information content (AvgIpc) is 3.11. The molecule has 0 aromatic heterocycles. The van der Waals surface area contributed by atoms with Crippen molar-refractivity contribution in [2.75, 3.05) is 13.2 Å². The molecule has 0 radical (unpaired) electrons. The lowest BCUT2D eigenvalue weighted by Gasteiger charge is -2.46. The molecule has 172 valence electrons. The van der Waals surface area contributed by atoms with Gasteiger partial charge in [-0.2, -0.15) is 0 Å². The van der Waals surface area contributed by atoms with Gasteiger partial charge in [0.15, 0.2) is 0 Å². The van der Waals surface area contributed by atoms with E-state index in [2.05, 4.69) is 0 Å². The van der Waals surface area contributed by atoms with E-state index < -0.39 is 29.4 Å². The molecule has 1 unspecified atom stereocenters. The summed E-state index contributed by atoms with van der Waals surface area (Å²) in [6.07, 6.45) is -0.161. The number of carbonyl (C=O) groups is 1. The molecular formula is C25H29ClO6. The zero-order valence-corrected chi connectivity index (χ0v) is 19.1. The van der Waals surface area contributed by atoms with Crippen LogP contribution in [0.25, 0.3) is 0 Å². The van der Waals surface area contributed by atoms with Crippen LogP contribution in [0.5, 0.6) is 5.75 Å². The second kappa shape index (κ2) is 9.02. The van der Waals surface area contributed by atoms with Gasteiger partial charge in [0.25, 0.3) is 0 Å². The van der Waals surface area contributed by atoms with Gasteiger partial charge < -0.3 is 24.4 Å². The molecule has 2 saturated heterocycles. The van der Waals surface area contributed by atoms with E-state index in [0.29, 0.717) is 30.9 Å². The predicted molar refractivity (Wildman–Crippen MR) is 120 cm³/mol. The summed E-state index contributed by atoms with van der Waals surface area (Å²) in [4.78, 5) is 11.4. The molecule has 7 heteroatoms. The largest absolute Gasteiger partial charge is 0.494 e. The van der Waals surface area contributed by atoms with Crippen LogP contribution in [0, 0.1) is 0 Å². The Hall–Kier alpha value is -2.12. The van der Waals surface area contributed by atoms with Gasteiger partial charge >= 0.3 is 5.97 Å². The molecule has 2 aromatic rings. The number of halogens is 1. The Bertz CT molecular complexity index is 977. The Kier molecular flexibility index (Phi) is 6.50. The first-order valence-corrected chi connectivity index (χ1v) is 11.3. The van der Waals surface area contributed by atoms with Crippen LogP contribution in [0.2, 0.25) is 5.02 Å².